The number of rotatable bonds is 27. The first-order valence-corrected chi connectivity index (χ1v) is 24.9. The predicted octanol–water partition coefficient (Wildman–Crippen LogP) is -1.12. The number of nitrogens with two attached hydrogens (primary N) is 2. The lowest BCUT2D eigenvalue weighted by Crippen LogP contribution is -2.60. The summed E-state index contributed by atoms with van der Waals surface area (Å²) in [7, 11) is 0. The Bertz CT molecular complexity index is 2320. The minimum absolute atomic E-state index is 0.102. The summed E-state index contributed by atoms with van der Waals surface area (Å²) < 4.78 is 0. The SMILES string of the molecule is CC[C@H](C)[C@H](NC(=O)[C@@H]1CCCN1C(=O)[C@H](C)NC(=O)[C@H](Cc1ccc(O)cc1)NC(=O)[C@H](CC(=O)O)NC(=O)[C@H](Cc1ccc(O)cc1)NC(=O)[C@@H]1CCCN1C(=O)[C@H](C)NC(=O)[C@@H](N)CCCCN)C(=O)O. The molecule has 0 unspecified atom stereocenters. The molecule has 2 aromatic carbocycles. The molecule has 8 amide bonds. The van der Waals surface area contributed by atoms with Crippen molar-refractivity contribution >= 4 is 59.2 Å². The highest BCUT2D eigenvalue weighted by Crippen LogP contribution is 2.22. The van der Waals surface area contributed by atoms with Crippen LogP contribution in [0.2, 0.25) is 0 Å². The van der Waals surface area contributed by atoms with E-state index >= 15 is 0 Å². The standard InChI is InChI=1S/C50H72N10O14/c1-5-27(2)41(50(73)74)58-47(70)39-12-9-23-60(39)49(72)29(4)54-43(66)35(24-30-13-17-32(61)18-14-30)55-45(68)37(26-40(63)64)56-44(67)36(25-31-15-19-33(62)20-16-31)57-46(69)38-11-8-22-59(38)48(71)28(3)53-42(65)34(52)10-6-7-21-51/h13-20,27-29,34-39,41,61-62H,5-12,21-26,51-52H2,1-4H3,(H,53,65)(H,54,66)(H,55,68)(H,56,67)(H,57,69)(H,58,70)(H,63,64)(H,73,74)/t27-,28-,29-,34-,35-,36-,37-,38-,39-,41-/m0/s1. The molecule has 10 atom stereocenters. The summed E-state index contributed by atoms with van der Waals surface area (Å²) in [5, 5.41) is 54.7. The molecule has 0 bridgehead atoms. The number of carbonyl (C=O) groups is 10. The quantitative estimate of drug-likeness (QED) is 0.0472. The predicted molar refractivity (Wildman–Crippen MR) is 266 cm³/mol. The van der Waals surface area contributed by atoms with Gasteiger partial charge in [-0.15, -0.1) is 0 Å². The number of unbranched alkanes of at least 4 members (excludes halogenated alkanes) is 1. The van der Waals surface area contributed by atoms with Gasteiger partial charge in [-0.1, -0.05) is 51.0 Å². The molecule has 0 radical (unpaired) electrons. The number of benzene rings is 2. The van der Waals surface area contributed by atoms with Gasteiger partial charge in [-0.25, -0.2) is 4.79 Å². The largest absolute Gasteiger partial charge is 0.508 e. The third-order valence-corrected chi connectivity index (χ3v) is 13.2. The molecule has 2 aliphatic heterocycles. The number of carbonyl (C=O) groups excluding carboxylic acids is 8. The monoisotopic (exact) mass is 1040 g/mol. The van der Waals surface area contributed by atoms with Crippen molar-refractivity contribution in [2.75, 3.05) is 19.6 Å². The normalized spacial score (nSPS) is 18.5. The first kappa shape index (κ1) is 59.2. The summed E-state index contributed by atoms with van der Waals surface area (Å²) in [6, 6.07) is -0.365. The number of hydrogen-bond acceptors (Lipinski definition) is 14. The Morgan fingerprint density at radius 3 is 1.50 bits per heavy atom. The molecule has 0 aliphatic carbocycles. The fourth-order valence-electron chi connectivity index (χ4n) is 8.78. The van der Waals surface area contributed by atoms with Gasteiger partial charge in [-0.05, 0) is 100 Å². The molecule has 74 heavy (non-hydrogen) atoms. The summed E-state index contributed by atoms with van der Waals surface area (Å²) in [5.74, 6) is -9.77. The highest BCUT2D eigenvalue weighted by molar-refractivity contribution is 5.99. The summed E-state index contributed by atoms with van der Waals surface area (Å²) in [4.78, 5) is 137. The van der Waals surface area contributed by atoms with Crippen LogP contribution in [0.3, 0.4) is 0 Å². The average molecular weight is 1040 g/mol. The van der Waals surface area contributed by atoms with Crippen LogP contribution in [-0.4, -0.2) is 163 Å². The van der Waals surface area contributed by atoms with Crippen LogP contribution in [0.25, 0.3) is 0 Å². The highest BCUT2D eigenvalue weighted by Gasteiger charge is 2.41. The lowest BCUT2D eigenvalue weighted by Gasteiger charge is -2.30. The smallest absolute Gasteiger partial charge is 0.326 e. The topological polar surface area (TPSA) is 382 Å². The van der Waals surface area contributed by atoms with Gasteiger partial charge >= 0.3 is 11.9 Å². The number of amides is 8. The molecule has 0 aromatic heterocycles. The van der Waals surface area contributed by atoms with Crippen molar-refractivity contribution in [3.8, 4) is 11.5 Å². The minimum atomic E-state index is -1.88. The Labute approximate surface area is 429 Å². The van der Waals surface area contributed by atoms with Gasteiger partial charge in [0, 0.05) is 25.9 Å². The van der Waals surface area contributed by atoms with Crippen LogP contribution >= 0.6 is 0 Å². The van der Waals surface area contributed by atoms with Crippen molar-refractivity contribution in [1.29, 1.82) is 0 Å². The molecule has 24 heteroatoms. The van der Waals surface area contributed by atoms with Crippen molar-refractivity contribution in [2.45, 2.75) is 153 Å². The molecular weight excluding hydrogens is 965 g/mol. The third-order valence-electron chi connectivity index (χ3n) is 13.2. The average Bonchev–Trinajstić information content (AvgIpc) is 4.07. The molecule has 4 rings (SSSR count). The number of likely N-dealkylation sites (tertiary alicyclic amines) is 2. The van der Waals surface area contributed by atoms with E-state index in [4.69, 9.17) is 11.5 Å². The summed E-state index contributed by atoms with van der Waals surface area (Å²) >= 11 is 0. The number of phenols is 2. The van der Waals surface area contributed by atoms with Crippen LogP contribution in [0.15, 0.2) is 48.5 Å². The van der Waals surface area contributed by atoms with Crippen LogP contribution in [0.4, 0.5) is 0 Å². The number of carboxylic acid groups (broad SMARTS) is 2. The molecule has 406 valence electrons. The summed E-state index contributed by atoms with van der Waals surface area (Å²) in [6.45, 7) is 6.95. The Morgan fingerprint density at radius 2 is 1.04 bits per heavy atom. The number of nitrogens with zero attached hydrogens (tertiary/aromatic N) is 2. The van der Waals surface area contributed by atoms with E-state index in [0.717, 1.165) is 0 Å². The maximum atomic E-state index is 14.3. The van der Waals surface area contributed by atoms with Crippen molar-refractivity contribution in [1.82, 2.24) is 41.7 Å². The van der Waals surface area contributed by atoms with Crippen molar-refractivity contribution in [2.24, 2.45) is 17.4 Å². The van der Waals surface area contributed by atoms with Gasteiger partial charge in [-0.2, -0.15) is 0 Å². The van der Waals surface area contributed by atoms with Gasteiger partial charge in [0.05, 0.1) is 12.5 Å². The zero-order valence-electron chi connectivity index (χ0n) is 42.2. The fraction of sp³-hybridized carbons (Fsp3) is 0.560. The van der Waals surface area contributed by atoms with E-state index < -0.39 is 126 Å². The molecule has 2 aromatic rings. The van der Waals surface area contributed by atoms with Crippen molar-refractivity contribution in [3.63, 3.8) is 0 Å². The van der Waals surface area contributed by atoms with Crippen LogP contribution in [0.1, 0.15) is 96.6 Å². The Hall–Kier alpha value is -7.34. The molecule has 2 heterocycles. The molecule has 0 spiro atoms. The second-order valence-corrected chi connectivity index (χ2v) is 19.0. The second kappa shape index (κ2) is 28.2. The van der Waals surface area contributed by atoms with Gasteiger partial charge in [-0.3, -0.25) is 43.2 Å². The lowest BCUT2D eigenvalue weighted by molar-refractivity contribution is -0.146. The van der Waals surface area contributed by atoms with Crippen LogP contribution in [0.5, 0.6) is 11.5 Å². The summed E-state index contributed by atoms with van der Waals surface area (Å²) in [5.41, 5.74) is 12.4. The van der Waals surface area contributed by atoms with Gasteiger partial charge in [0.2, 0.25) is 47.3 Å². The van der Waals surface area contributed by atoms with Gasteiger partial charge in [0.25, 0.3) is 0 Å². The first-order valence-electron chi connectivity index (χ1n) is 24.9. The first-order chi connectivity index (χ1) is 35.0. The number of carboxylic acids is 2. The molecule has 0 saturated carbocycles. The Morgan fingerprint density at radius 1 is 0.608 bits per heavy atom. The van der Waals surface area contributed by atoms with Crippen LogP contribution < -0.4 is 43.4 Å². The lowest BCUT2D eigenvalue weighted by atomic mass is 9.98. The van der Waals surface area contributed by atoms with E-state index in [-0.39, 0.29) is 50.3 Å². The van der Waals surface area contributed by atoms with Crippen LogP contribution in [-0.2, 0) is 60.8 Å². The minimum Gasteiger partial charge on any atom is -0.508 e. The Balaban J connectivity index is 1.54. The molecule has 2 saturated heterocycles. The van der Waals surface area contributed by atoms with E-state index in [2.05, 4.69) is 31.9 Å². The van der Waals surface area contributed by atoms with E-state index in [1.54, 1.807) is 13.8 Å². The molecule has 2 aliphatic rings. The van der Waals surface area contributed by atoms with E-state index in [9.17, 15) is 68.4 Å². The number of hydrogen-bond donors (Lipinski definition) is 12. The zero-order valence-corrected chi connectivity index (χ0v) is 42.2. The van der Waals surface area contributed by atoms with Crippen LogP contribution in [0, 0.1) is 5.92 Å². The molecule has 14 N–H and O–H groups in total. The molecule has 2 fully saturated rings. The third kappa shape index (κ3) is 17.1. The zero-order chi connectivity index (χ0) is 54.8. The van der Waals surface area contributed by atoms with E-state index in [1.807, 2.05) is 0 Å². The van der Waals surface area contributed by atoms with E-state index in [1.165, 1.54) is 72.2 Å². The molecule has 24 nitrogen and oxygen atoms in total. The van der Waals surface area contributed by atoms with Crippen molar-refractivity contribution < 1.29 is 68.4 Å². The number of phenolic OH excluding ortho intramolecular Hbond substituents is 2. The van der Waals surface area contributed by atoms with Gasteiger partial charge in [0.15, 0.2) is 0 Å². The fourth-order valence-corrected chi connectivity index (χ4v) is 8.78. The van der Waals surface area contributed by atoms with Gasteiger partial charge in [0.1, 0.15) is 59.8 Å². The molecular formula is C50H72N10O14. The number of nitrogens with one attached hydrogen (secondary N) is 6. The summed E-state index contributed by atoms with van der Waals surface area (Å²) in [6.07, 6.45) is 1.76. The number of aromatic hydroxyl groups is 2. The van der Waals surface area contributed by atoms with Crippen molar-refractivity contribution in [3.05, 3.63) is 59.7 Å². The second-order valence-electron chi connectivity index (χ2n) is 19.0. The van der Waals surface area contributed by atoms with E-state index in [0.29, 0.717) is 56.2 Å². The maximum Gasteiger partial charge on any atom is 0.326 e. The number of aliphatic carboxylic acids is 2. The Kier molecular flexibility index (Phi) is 22.6. The van der Waals surface area contributed by atoms with Gasteiger partial charge < -0.3 is 73.6 Å². The maximum absolute atomic E-state index is 14.3. The highest BCUT2D eigenvalue weighted by atomic mass is 16.4.